The van der Waals surface area contributed by atoms with Crippen molar-refractivity contribution in [3.63, 3.8) is 0 Å². The summed E-state index contributed by atoms with van der Waals surface area (Å²) in [6.07, 6.45) is 0.512. The molecule has 0 radical (unpaired) electrons. The third-order valence-electron chi connectivity index (χ3n) is 5.02. The first-order valence-corrected chi connectivity index (χ1v) is 8.84. The van der Waals surface area contributed by atoms with Crippen molar-refractivity contribution in [2.45, 2.75) is 47.1 Å². The van der Waals surface area contributed by atoms with E-state index in [1.165, 1.54) is 0 Å². The van der Waals surface area contributed by atoms with Crippen LogP contribution in [0.4, 0.5) is 0 Å². The van der Waals surface area contributed by atoms with Crippen molar-refractivity contribution < 1.29 is 4.79 Å². The molecule has 1 aromatic carbocycles. The van der Waals surface area contributed by atoms with E-state index in [1.54, 1.807) is 6.07 Å². The number of nitrogens with two attached hydrogens (primary N) is 1. The number of nitrogens with one attached hydrogen (secondary N) is 1. The zero-order valence-corrected chi connectivity index (χ0v) is 15.9. The highest BCUT2D eigenvalue weighted by atomic mass is 16.1. The minimum atomic E-state index is -0.435. The lowest BCUT2D eigenvalue weighted by molar-refractivity contribution is 0.100. The van der Waals surface area contributed by atoms with Crippen LogP contribution in [0.3, 0.4) is 0 Å². The van der Waals surface area contributed by atoms with Crippen molar-refractivity contribution in [1.29, 1.82) is 0 Å². The van der Waals surface area contributed by atoms with Crippen LogP contribution in [0.5, 0.6) is 0 Å². The highest BCUT2D eigenvalue weighted by Gasteiger charge is 2.21. The van der Waals surface area contributed by atoms with Crippen LogP contribution < -0.4 is 11.3 Å². The zero-order chi connectivity index (χ0) is 19.2. The monoisotopic (exact) mass is 351 g/mol. The standard InChI is InChI=1S/C21H25N3O2/c1-11(2)24-17-8-6-7-15(20(22)25)19(17)14(5)18(24)10-16-12(3)9-13(4)23-21(16)26/h6-9,11H,10H2,1-5H3,(H2,22,25)(H,23,26). The number of hydrogen-bond acceptors (Lipinski definition) is 2. The molecule has 0 saturated heterocycles. The van der Waals surface area contributed by atoms with Crippen LogP contribution in [0, 0.1) is 20.8 Å². The van der Waals surface area contributed by atoms with Gasteiger partial charge in [-0.15, -0.1) is 0 Å². The molecule has 0 bridgehead atoms. The molecule has 5 heteroatoms. The molecule has 0 saturated carbocycles. The lowest BCUT2D eigenvalue weighted by atomic mass is 10.0. The third kappa shape index (κ3) is 2.83. The third-order valence-corrected chi connectivity index (χ3v) is 5.02. The highest BCUT2D eigenvalue weighted by molar-refractivity contribution is 6.07. The molecule has 0 spiro atoms. The smallest absolute Gasteiger partial charge is 0.251 e. The van der Waals surface area contributed by atoms with E-state index in [9.17, 15) is 9.59 Å². The number of carbonyl (C=O) groups is 1. The Hall–Kier alpha value is -2.82. The van der Waals surface area contributed by atoms with Crippen LogP contribution in [0.25, 0.3) is 10.9 Å². The molecule has 0 fully saturated rings. The molecule has 0 atom stereocenters. The van der Waals surface area contributed by atoms with Gasteiger partial charge in [-0.1, -0.05) is 6.07 Å². The normalized spacial score (nSPS) is 11.5. The van der Waals surface area contributed by atoms with Gasteiger partial charge in [0.15, 0.2) is 0 Å². The first-order chi connectivity index (χ1) is 12.2. The van der Waals surface area contributed by atoms with E-state index in [0.717, 1.165) is 39.0 Å². The number of hydrogen-bond donors (Lipinski definition) is 2. The van der Waals surface area contributed by atoms with E-state index in [4.69, 9.17) is 5.73 Å². The Balaban J connectivity index is 2.32. The predicted molar refractivity (Wildman–Crippen MR) is 105 cm³/mol. The van der Waals surface area contributed by atoms with Gasteiger partial charge in [0, 0.05) is 45.9 Å². The second-order valence-corrected chi connectivity index (χ2v) is 7.22. The maximum atomic E-state index is 12.5. The number of pyridine rings is 1. The fourth-order valence-electron chi connectivity index (χ4n) is 3.89. The van der Waals surface area contributed by atoms with Gasteiger partial charge in [-0.05, 0) is 63.9 Å². The molecule has 136 valence electrons. The number of aromatic nitrogens is 2. The molecular formula is C21H25N3O2. The largest absolute Gasteiger partial charge is 0.366 e. The van der Waals surface area contributed by atoms with Crippen LogP contribution in [-0.2, 0) is 6.42 Å². The van der Waals surface area contributed by atoms with Gasteiger partial charge in [0.2, 0.25) is 5.91 Å². The topological polar surface area (TPSA) is 80.9 Å². The Bertz CT molecular complexity index is 1070. The molecule has 0 aliphatic rings. The van der Waals surface area contributed by atoms with E-state index in [2.05, 4.69) is 23.4 Å². The van der Waals surface area contributed by atoms with Gasteiger partial charge >= 0.3 is 0 Å². The minimum Gasteiger partial charge on any atom is -0.366 e. The Morgan fingerprint density at radius 2 is 1.92 bits per heavy atom. The number of nitrogens with zero attached hydrogens (tertiary/aromatic N) is 1. The Morgan fingerprint density at radius 1 is 1.23 bits per heavy atom. The number of aromatic amines is 1. The van der Waals surface area contributed by atoms with Crippen molar-refractivity contribution in [3.8, 4) is 0 Å². The quantitative estimate of drug-likeness (QED) is 0.754. The molecule has 5 nitrogen and oxygen atoms in total. The fourth-order valence-corrected chi connectivity index (χ4v) is 3.89. The SMILES string of the molecule is Cc1cc(C)c(Cc2c(C)c3c(C(N)=O)cccc3n2C(C)C)c(=O)[nH]1. The van der Waals surface area contributed by atoms with Crippen molar-refractivity contribution in [3.05, 3.63) is 68.3 Å². The summed E-state index contributed by atoms with van der Waals surface area (Å²) in [5.74, 6) is -0.435. The maximum Gasteiger partial charge on any atom is 0.251 e. The number of amides is 1. The molecule has 26 heavy (non-hydrogen) atoms. The second-order valence-electron chi connectivity index (χ2n) is 7.22. The molecule has 0 aliphatic carbocycles. The van der Waals surface area contributed by atoms with Gasteiger partial charge in [0.25, 0.3) is 5.56 Å². The number of aryl methyl sites for hydroxylation is 3. The Morgan fingerprint density at radius 3 is 2.50 bits per heavy atom. The van der Waals surface area contributed by atoms with Crippen LogP contribution >= 0.6 is 0 Å². The molecule has 1 amide bonds. The van der Waals surface area contributed by atoms with E-state index in [-0.39, 0.29) is 11.6 Å². The van der Waals surface area contributed by atoms with Crippen molar-refractivity contribution in [2.75, 3.05) is 0 Å². The molecule has 3 aromatic rings. The summed E-state index contributed by atoms with van der Waals surface area (Å²) in [5, 5.41) is 0.880. The molecule has 2 heterocycles. The van der Waals surface area contributed by atoms with Crippen LogP contribution in [0.2, 0.25) is 0 Å². The summed E-state index contributed by atoms with van der Waals surface area (Å²) < 4.78 is 2.20. The number of primary amides is 1. The first kappa shape index (κ1) is 18.0. The predicted octanol–water partition coefficient (Wildman–Crippen LogP) is 3.53. The van der Waals surface area contributed by atoms with Gasteiger partial charge in [0.05, 0.1) is 0 Å². The number of H-pyrrole nitrogens is 1. The lowest BCUT2D eigenvalue weighted by Gasteiger charge is -2.16. The minimum absolute atomic E-state index is 0.0578. The van der Waals surface area contributed by atoms with E-state index >= 15 is 0 Å². The fraction of sp³-hybridized carbons (Fsp3) is 0.333. The summed E-state index contributed by atoms with van der Waals surface area (Å²) in [7, 11) is 0. The molecule has 3 N–H and O–H groups in total. The van der Waals surface area contributed by atoms with E-state index < -0.39 is 5.91 Å². The number of carbonyl (C=O) groups excluding carboxylic acids is 1. The van der Waals surface area contributed by atoms with Gasteiger partial charge < -0.3 is 15.3 Å². The molecule has 3 rings (SSSR count). The van der Waals surface area contributed by atoms with E-state index in [0.29, 0.717) is 12.0 Å². The molecule has 0 unspecified atom stereocenters. The second kappa shape index (κ2) is 6.48. The van der Waals surface area contributed by atoms with Gasteiger partial charge in [-0.3, -0.25) is 9.59 Å². The Kier molecular flexibility index (Phi) is 4.48. The number of benzene rings is 1. The summed E-state index contributed by atoms with van der Waals surface area (Å²) >= 11 is 0. The maximum absolute atomic E-state index is 12.5. The summed E-state index contributed by atoms with van der Waals surface area (Å²) in [6, 6.07) is 7.80. The van der Waals surface area contributed by atoms with Gasteiger partial charge in [-0.25, -0.2) is 0 Å². The highest BCUT2D eigenvalue weighted by Crippen LogP contribution is 2.32. The first-order valence-electron chi connectivity index (χ1n) is 8.84. The Labute approximate surface area is 152 Å². The molecule has 0 aliphatic heterocycles. The van der Waals surface area contributed by atoms with Crippen LogP contribution in [0.15, 0.2) is 29.1 Å². The summed E-state index contributed by atoms with van der Waals surface area (Å²) in [4.78, 5) is 27.3. The summed E-state index contributed by atoms with van der Waals surface area (Å²) in [6.45, 7) is 10.1. The van der Waals surface area contributed by atoms with Gasteiger partial charge in [0.1, 0.15) is 0 Å². The summed E-state index contributed by atoms with van der Waals surface area (Å²) in [5.41, 5.74) is 11.7. The average molecular weight is 351 g/mol. The van der Waals surface area contributed by atoms with Crippen molar-refractivity contribution >= 4 is 16.8 Å². The van der Waals surface area contributed by atoms with Crippen molar-refractivity contribution in [2.24, 2.45) is 5.73 Å². The number of fused-ring (bicyclic) bond motifs is 1. The van der Waals surface area contributed by atoms with Gasteiger partial charge in [-0.2, -0.15) is 0 Å². The van der Waals surface area contributed by atoms with E-state index in [1.807, 2.05) is 39.0 Å². The molecule has 2 aromatic heterocycles. The lowest BCUT2D eigenvalue weighted by Crippen LogP contribution is -2.18. The average Bonchev–Trinajstić information content (AvgIpc) is 2.83. The zero-order valence-electron chi connectivity index (χ0n) is 15.9. The van der Waals surface area contributed by atoms with Crippen LogP contribution in [0.1, 0.15) is 58.3 Å². The van der Waals surface area contributed by atoms with Crippen molar-refractivity contribution in [1.82, 2.24) is 9.55 Å². The number of rotatable bonds is 4. The van der Waals surface area contributed by atoms with Crippen LogP contribution in [-0.4, -0.2) is 15.5 Å². The molecular weight excluding hydrogens is 326 g/mol.